The number of benzene rings is 2. The van der Waals surface area contributed by atoms with Crippen LogP contribution in [0.5, 0.6) is 0 Å². The zero-order valence-electron chi connectivity index (χ0n) is 11.5. The highest BCUT2D eigenvalue weighted by Crippen LogP contribution is 2.24. The SMILES string of the molecule is N#Cc1ccc(CC(C(=O)O)c2ccc([N+](=O)[O-])cc2)cc1. The van der Waals surface area contributed by atoms with E-state index < -0.39 is 16.8 Å². The van der Waals surface area contributed by atoms with Gasteiger partial charge in [0.25, 0.3) is 5.69 Å². The van der Waals surface area contributed by atoms with Crippen molar-refractivity contribution < 1.29 is 14.8 Å². The van der Waals surface area contributed by atoms with Crippen LogP contribution in [0.15, 0.2) is 48.5 Å². The Bertz CT molecular complexity index is 730. The highest BCUT2D eigenvalue weighted by atomic mass is 16.6. The average molecular weight is 296 g/mol. The van der Waals surface area contributed by atoms with E-state index >= 15 is 0 Å². The number of nitrogens with zero attached hydrogens (tertiary/aromatic N) is 2. The molecule has 6 heteroatoms. The molecular weight excluding hydrogens is 284 g/mol. The lowest BCUT2D eigenvalue weighted by Crippen LogP contribution is -2.14. The summed E-state index contributed by atoms with van der Waals surface area (Å²) in [7, 11) is 0. The summed E-state index contributed by atoms with van der Waals surface area (Å²) in [5.74, 6) is -1.80. The topological polar surface area (TPSA) is 104 Å². The van der Waals surface area contributed by atoms with Gasteiger partial charge in [0.1, 0.15) is 0 Å². The van der Waals surface area contributed by atoms with Gasteiger partial charge in [0.2, 0.25) is 0 Å². The van der Waals surface area contributed by atoms with Crippen LogP contribution in [0.25, 0.3) is 0 Å². The molecule has 2 rings (SSSR count). The summed E-state index contributed by atoms with van der Waals surface area (Å²) < 4.78 is 0. The van der Waals surface area contributed by atoms with Gasteiger partial charge in [0.05, 0.1) is 22.5 Å². The molecule has 0 aliphatic heterocycles. The predicted octanol–water partition coefficient (Wildman–Crippen LogP) is 2.88. The van der Waals surface area contributed by atoms with Crippen molar-refractivity contribution in [2.75, 3.05) is 0 Å². The maximum atomic E-state index is 11.5. The molecule has 0 radical (unpaired) electrons. The smallest absolute Gasteiger partial charge is 0.311 e. The molecule has 2 aromatic rings. The second-order valence-corrected chi connectivity index (χ2v) is 4.75. The number of carboxylic acids is 1. The van der Waals surface area contributed by atoms with Crippen molar-refractivity contribution in [3.05, 3.63) is 75.3 Å². The molecule has 1 N–H and O–H groups in total. The van der Waals surface area contributed by atoms with Gasteiger partial charge in [-0.1, -0.05) is 24.3 Å². The lowest BCUT2D eigenvalue weighted by Gasteiger charge is -2.12. The van der Waals surface area contributed by atoms with Crippen LogP contribution in [0.3, 0.4) is 0 Å². The molecule has 2 aromatic carbocycles. The molecule has 0 heterocycles. The summed E-state index contributed by atoms with van der Waals surface area (Å²) in [4.78, 5) is 21.6. The highest BCUT2D eigenvalue weighted by Gasteiger charge is 2.21. The number of nitro benzene ring substituents is 1. The lowest BCUT2D eigenvalue weighted by atomic mass is 9.91. The van der Waals surface area contributed by atoms with Crippen molar-refractivity contribution in [2.24, 2.45) is 0 Å². The van der Waals surface area contributed by atoms with Gasteiger partial charge in [0, 0.05) is 12.1 Å². The van der Waals surface area contributed by atoms with E-state index in [1.807, 2.05) is 6.07 Å². The molecule has 110 valence electrons. The summed E-state index contributed by atoms with van der Waals surface area (Å²) >= 11 is 0. The number of nitriles is 1. The first kappa shape index (κ1) is 15.2. The van der Waals surface area contributed by atoms with Crippen molar-refractivity contribution in [1.82, 2.24) is 0 Å². The third-order valence-corrected chi connectivity index (χ3v) is 3.33. The van der Waals surface area contributed by atoms with Crippen molar-refractivity contribution in [2.45, 2.75) is 12.3 Å². The predicted molar refractivity (Wildman–Crippen MR) is 78.3 cm³/mol. The quantitative estimate of drug-likeness (QED) is 0.674. The largest absolute Gasteiger partial charge is 0.481 e. The first-order valence-corrected chi connectivity index (χ1v) is 6.47. The number of hydrogen-bond donors (Lipinski definition) is 1. The monoisotopic (exact) mass is 296 g/mol. The van der Waals surface area contributed by atoms with E-state index in [1.54, 1.807) is 24.3 Å². The van der Waals surface area contributed by atoms with Gasteiger partial charge in [-0.05, 0) is 29.7 Å². The second kappa shape index (κ2) is 6.50. The van der Waals surface area contributed by atoms with Gasteiger partial charge in [0.15, 0.2) is 0 Å². The van der Waals surface area contributed by atoms with E-state index in [4.69, 9.17) is 5.26 Å². The molecule has 0 fully saturated rings. The number of hydrogen-bond acceptors (Lipinski definition) is 4. The van der Waals surface area contributed by atoms with Gasteiger partial charge in [-0.15, -0.1) is 0 Å². The fraction of sp³-hybridized carbons (Fsp3) is 0.125. The molecule has 0 aliphatic carbocycles. The number of nitro groups is 1. The Morgan fingerprint density at radius 1 is 1.18 bits per heavy atom. The Hall–Kier alpha value is -3.20. The summed E-state index contributed by atoms with van der Waals surface area (Å²) in [5.41, 5.74) is 1.71. The van der Waals surface area contributed by atoms with Crippen LogP contribution in [0, 0.1) is 21.4 Å². The summed E-state index contributed by atoms with van der Waals surface area (Å²) in [6.45, 7) is 0. The van der Waals surface area contributed by atoms with E-state index in [9.17, 15) is 20.0 Å². The molecule has 0 amide bonds. The minimum atomic E-state index is -1.00. The van der Waals surface area contributed by atoms with Crippen LogP contribution in [-0.2, 0) is 11.2 Å². The van der Waals surface area contributed by atoms with Crippen LogP contribution in [0.2, 0.25) is 0 Å². The van der Waals surface area contributed by atoms with E-state index in [0.29, 0.717) is 11.1 Å². The third kappa shape index (κ3) is 3.46. The molecule has 1 atom stereocenters. The van der Waals surface area contributed by atoms with Gasteiger partial charge in [-0.2, -0.15) is 5.26 Å². The van der Waals surface area contributed by atoms with Crippen molar-refractivity contribution in [3.8, 4) is 6.07 Å². The minimum absolute atomic E-state index is 0.0775. The summed E-state index contributed by atoms with van der Waals surface area (Å²) in [6.07, 6.45) is 0.249. The molecule has 22 heavy (non-hydrogen) atoms. The fourth-order valence-electron chi connectivity index (χ4n) is 2.13. The van der Waals surface area contributed by atoms with Crippen LogP contribution >= 0.6 is 0 Å². The van der Waals surface area contributed by atoms with E-state index in [2.05, 4.69) is 0 Å². The number of rotatable bonds is 5. The first-order chi connectivity index (χ1) is 10.5. The number of carboxylic acid groups (broad SMARTS) is 1. The van der Waals surface area contributed by atoms with Crippen LogP contribution in [-0.4, -0.2) is 16.0 Å². The Labute approximate surface area is 126 Å². The maximum Gasteiger partial charge on any atom is 0.311 e. The minimum Gasteiger partial charge on any atom is -0.481 e. The van der Waals surface area contributed by atoms with Crippen molar-refractivity contribution in [1.29, 1.82) is 5.26 Å². The molecule has 6 nitrogen and oxygen atoms in total. The molecule has 1 unspecified atom stereocenters. The molecule has 0 aromatic heterocycles. The van der Waals surface area contributed by atoms with E-state index in [-0.39, 0.29) is 12.1 Å². The Kier molecular flexibility index (Phi) is 4.49. The maximum absolute atomic E-state index is 11.5. The zero-order valence-corrected chi connectivity index (χ0v) is 11.5. The van der Waals surface area contributed by atoms with Gasteiger partial charge < -0.3 is 5.11 Å². The molecule has 0 spiro atoms. The third-order valence-electron chi connectivity index (χ3n) is 3.33. The van der Waals surface area contributed by atoms with Gasteiger partial charge >= 0.3 is 5.97 Å². The fourth-order valence-corrected chi connectivity index (χ4v) is 2.13. The van der Waals surface area contributed by atoms with Crippen molar-refractivity contribution >= 4 is 11.7 Å². The first-order valence-electron chi connectivity index (χ1n) is 6.47. The number of carbonyl (C=O) groups is 1. The summed E-state index contributed by atoms with van der Waals surface area (Å²) in [6, 6.07) is 14.2. The highest BCUT2D eigenvalue weighted by molar-refractivity contribution is 5.76. The van der Waals surface area contributed by atoms with Gasteiger partial charge in [-0.3, -0.25) is 14.9 Å². The zero-order chi connectivity index (χ0) is 16.1. The van der Waals surface area contributed by atoms with Crippen molar-refractivity contribution in [3.63, 3.8) is 0 Å². The van der Waals surface area contributed by atoms with Gasteiger partial charge in [-0.25, -0.2) is 0 Å². The molecule has 0 saturated heterocycles. The molecule has 0 bridgehead atoms. The molecule has 0 saturated carbocycles. The van der Waals surface area contributed by atoms with Crippen LogP contribution in [0.1, 0.15) is 22.6 Å². The van der Waals surface area contributed by atoms with E-state index in [0.717, 1.165) is 5.56 Å². The van der Waals surface area contributed by atoms with Crippen LogP contribution in [0.4, 0.5) is 5.69 Å². The van der Waals surface area contributed by atoms with E-state index in [1.165, 1.54) is 24.3 Å². The lowest BCUT2D eigenvalue weighted by molar-refractivity contribution is -0.384. The molecule has 0 aliphatic rings. The standard InChI is InChI=1S/C16H12N2O4/c17-10-12-3-1-11(2-4-12)9-15(16(19)20)13-5-7-14(8-6-13)18(21)22/h1-8,15H,9H2,(H,19,20). The van der Waals surface area contributed by atoms with Crippen LogP contribution < -0.4 is 0 Å². The Balaban J connectivity index is 2.24. The second-order valence-electron chi connectivity index (χ2n) is 4.75. The summed E-state index contributed by atoms with van der Waals surface area (Å²) in [5, 5.41) is 28.8. The number of aliphatic carboxylic acids is 1. The number of non-ortho nitro benzene ring substituents is 1. The normalized spacial score (nSPS) is 11.4. The Morgan fingerprint density at radius 3 is 2.23 bits per heavy atom. The molecular formula is C16H12N2O4. The average Bonchev–Trinajstić information content (AvgIpc) is 2.53. The Morgan fingerprint density at radius 2 is 1.77 bits per heavy atom.